The highest BCUT2D eigenvalue weighted by atomic mass is 32.2. The molecule has 1 aromatic rings. The highest BCUT2D eigenvalue weighted by molar-refractivity contribution is 8.02. The topological polar surface area (TPSA) is 90.4 Å². The number of thioether (sulfide) groups is 1. The summed E-state index contributed by atoms with van der Waals surface area (Å²) in [7, 11) is 0. The molecule has 4 aliphatic heterocycles. The molecule has 216 valence electrons. The third-order valence-electron chi connectivity index (χ3n) is 8.85. The van der Waals surface area contributed by atoms with Gasteiger partial charge in [0, 0.05) is 48.9 Å². The number of aliphatic hydroxyl groups is 1. The fraction of sp³-hybridized carbons (Fsp3) is 0.581. The van der Waals surface area contributed by atoms with Crippen molar-refractivity contribution in [2.75, 3.05) is 49.2 Å². The fourth-order valence-corrected chi connectivity index (χ4v) is 9.09. The van der Waals surface area contributed by atoms with Gasteiger partial charge in [-0.15, -0.1) is 11.8 Å². The fourth-order valence-electron chi connectivity index (χ4n) is 6.93. The van der Waals surface area contributed by atoms with E-state index in [1.165, 1.54) is 0 Å². The monoisotopic (exact) mass is 567 g/mol. The summed E-state index contributed by atoms with van der Waals surface area (Å²) in [4.78, 5) is 48.0. The summed E-state index contributed by atoms with van der Waals surface area (Å²) in [6, 6.07) is 7.27. The molecule has 4 heterocycles. The molecule has 0 aliphatic carbocycles. The van der Waals surface area contributed by atoms with E-state index in [9.17, 15) is 19.5 Å². The van der Waals surface area contributed by atoms with Gasteiger partial charge >= 0.3 is 5.97 Å². The standard InChI is InChI=1S/C31H41N3O5S/c1-4-32(5-2)22-12-14-23(15-13-22)33-19-11-17-31-24(27(36)34(18-8-9-20-35)26(31)28(33)37)25-29(38)39-21-10-6-7-16-30(25,3)40-31/h7,11-17,24-26,35H,4-6,8-10,18-21H2,1-3H3/b16-7-/t24-,25+,26?,30-,31-/m0/s1. The van der Waals surface area contributed by atoms with Crippen molar-refractivity contribution >= 4 is 40.9 Å². The molecule has 2 fully saturated rings. The van der Waals surface area contributed by atoms with Gasteiger partial charge in [0.2, 0.25) is 5.91 Å². The highest BCUT2D eigenvalue weighted by Crippen LogP contribution is 2.65. The van der Waals surface area contributed by atoms with Crippen LogP contribution in [0.4, 0.5) is 11.4 Å². The zero-order chi connectivity index (χ0) is 28.5. The number of cyclic esters (lactones) is 1. The molecule has 1 N–H and O–H groups in total. The number of carbonyl (C=O) groups excluding carboxylic acids is 3. The van der Waals surface area contributed by atoms with Crippen molar-refractivity contribution in [1.82, 2.24) is 4.90 Å². The average molecular weight is 568 g/mol. The lowest BCUT2D eigenvalue weighted by atomic mass is 9.74. The van der Waals surface area contributed by atoms with Gasteiger partial charge in [0.25, 0.3) is 5.91 Å². The molecule has 0 aromatic heterocycles. The molecule has 0 radical (unpaired) electrons. The lowest BCUT2D eigenvalue weighted by Crippen LogP contribution is -2.53. The first-order valence-corrected chi connectivity index (χ1v) is 15.4. The number of nitrogens with zero attached hydrogens (tertiary/aromatic N) is 3. The number of hydrogen-bond donors (Lipinski definition) is 1. The molecule has 40 heavy (non-hydrogen) atoms. The normalized spacial score (nSPS) is 32.4. The third-order valence-corrected chi connectivity index (χ3v) is 10.6. The Labute approximate surface area is 241 Å². The molecule has 1 unspecified atom stereocenters. The van der Waals surface area contributed by atoms with E-state index in [-0.39, 0.29) is 24.4 Å². The number of esters is 1. The first-order chi connectivity index (χ1) is 19.3. The third kappa shape index (κ3) is 4.75. The SMILES string of the molecule is CCN(CC)c1ccc(N2CC=C[C@]34S[C@@]5(C)/C=C\CCCOC(=O)[C@H]5[C@H]3C(=O)N(CCCCO)C4C2=O)cc1. The molecule has 5 atom stereocenters. The summed E-state index contributed by atoms with van der Waals surface area (Å²) in [5, 5.41) is 9.42. The van der Waals surface area contributed by atoms with Crippen molar-refractivity contribution in [2.45, 2.75) is 62.0 Å². The molecule has 1 spiro atoms. The number of rotatable bonds is 8. The van der Waals surface area contributed by atoms with Crippen molar-refractivity contribution in [1.29, 1.82) is 0 Å². The van der Waals surface area contributed by atoms with E-state index < -0.39 is 27.4 Å². The van der Waals surface area contributed by atoms with E-state index in [1.54, 1.807) is 21.6 Å². The number of likely N-dealkylation sites (tertiary alicyclic amines) is 1. The van der Waals surface area contributed by atoms with Crippen LogP contribution in [0.15, 0.2) is 48.6 Å². The van der Waals surface area contributed by atoms with E-state index in [2.05, 4.69) is 30.9 Å². The predicted octanol–water partition coefficient (Wildman–Crippen LogP) is 3.79. The lowest BCUT2D eigenvalue weighted by molar-refractivity contribution is -0.154. The van der Waals surface area contributed by atoms with E-state index >= 15 is 0 Å². The number of anilines is 2. The lowest BCUT2D eigenvalue weighted by Gasteiger charge is -2.37. The minimum absolute atomic E-state index is 0.0205. The van der Waals surface area contributed by atoms with Gasteiger partial charge in [0.05, 0.1) is 23.2 Å². The van der Waals surface area contributed by atoms with E-state index in [4.69, 9.17) is 4.74 Å². The number of fused-ring (bicyclic) bond motifs is 2. The second-order valence-electron chi connectivity index (χ2n) is 11.2. The number of unbranched alkanes of at least 4 members (excludes halogenated alkanes) is 1. The van der Waals surface area contributed by atoms with Gasteiger partial charge in [-0.05, 0) is 70.7 Å². The van der Waals surface area contributed by atoms with Crippen LogP contribution in [0.1, 0.15) is 46.5 Å². The van der Waals surface area contributed by atoms with Gasteiger partial charge in [-0.1, -0.05) is 24.3 Å². The van der Waals surface area contributed by atoms with Gasteiger partial charge in [0.1, 0.15) is 6.04 Å². The highest BCUT2D eigenvalue weighted by Gasteiger charge is 2.73. The molecule has 5 rings (SSSR count). The maximum Gasteiger partial charge on any atom is 0.311 e. The second-order valence-corrected chi connectivity index (χ2v) is 13.0. The van der Waals surface area contributed by atoms with Gasteiger partial charge in [-0.2, -0.15) is 0 Å². The Morgan fingerprint density at radius 2 is 1.77 bits per heavy atom. The summed E-state index contributed by atoms with van der Waals surface area (Å²) >= 11 is 1.57. The average Bonchev–Trinajstić information content (AvgIpc) is 3.29. The number of aliphatic hydroxyl groups excluding tert-OH is 1. The maximum atomic E-state index is 14.6. The van der Waals surface area contributed by atoms with Crippen molar-refractivity contribution in [3.63, 3.8) is 0 Å². The Bertz CT molecular complexity index is 1180. The van der Waals surface area contributed by atoms with Crippen LogP contribution in [0, 0.1) is 11.8 Å². The molecule has 8 nitrogen and oxygen atoms in total. The van der Waals surface area contributed by atoms with Crippen LogP contribution in [-0.2, 0) is 19.1 Å². The molecule has 4 aliphatic rings. The summed E-state index contributed by atoms with van der Waals surface area (Å²) in [6.45, 7) is 9.11. The summed E-state index contributed by atoms with van der Waals surface area (Å²) in [6.07, 6.45) is 10.8. The Morgan fingerprint density at radius 3 is 2.48 bits per heavy atom. The summed E-state index contributed by atoms with van der Waals surface area (Å²) < 4.78 is 4.11. The summed E-state index contributed by atoms with van der Waals surface area (Å²) in [5.74, 6) is -2.07. The van der Waals surface area contributed by atoms with E-state index in [1.807, 2.05) is 43.3 Å². The zero-order valence-electron chi connectivity index (χ0n) is 23.8. The smallest absolute Gasteiger partial charge is 0.311 e. The zero-order valence-corrected chi connectivity index (χ0v) is 24.6. The van der Waals surface area contributed by atoms with Crippen molar-refractivity contribution in [3.8, 4) is 0 Å². The summed E-state index contributed by atoms with van der Waals surface area (Å²) in [5.41, 5.74) is 1.88. The number of hydrogen-bond acceptors (Lipinski definition) is 7. The van der Waals surface area contributed by atoms with Crippen LogP contribution >= 0.6 is 11.8 Å². The van der Waals surface area contributed by atoms with E-state index in [0.717, 1.165) is 37.3 Å². The van der Waals surface area contributed by atoms with Crippen molar-refractivity contribution in [2.24, 2.45) is 11.8 Å². The Morgan fingerprint density at radius 1 is 1.02 bits per heavy atom. The number of benzene rings is 1. The van der Waals surface area contributed by atoms with E-state index in [0.29, 0.717) is 32.5 Å². The Hall–Kier alpha value is -2.78. The first kappa shape index (κ1) is 28.7. The van der Waals surface area contributed by atoms with Crippen LogP contribution in [-0.4, -0.2) is 82.7 Å². The van der Waals surface area contributed by atoms with Gasteiger partial charge in [-0.25, -0.2) is 0 Å². The molecule has 2 saturated heterocycles. The van der Waals surface area contributed by atoms with Crippen molar-refractivity contribution < 1.29 is 24.2 Å². The quantitative estimate of drug-likeness (QED) is 0.290. The minimum Gasteiger partial charge on any atom is -0.465 e. The number of amides is 2. The van der Waals surface area contributed by atoms with Crippen molar-refractivity contribution in [3.05, 3.63) is 48.6 Å². The second kappa shape index (κ2) is 11.6. The molecular weight excluding hydrogens is 526 g/mol. The first-order valence-electron chi connectivity index (χ1n) is 14.6. The minimum atomic E-state index is -0.898. The Kier molecular flexibility index (Phi) is 8.34. The molecular formula is C31H41N3O5S. The molecule has 2 amide bonds. The number of ether oxygens (including phenoxy) is 1. The maximum absolute atomic E-state index is 14.6. The molecule has 0 bridgehead atoms. The van der Waals surface area contributed by atoms with Crippen LogP contribution in [0.2, 0.25) is 0 Å². The van der Waals surface area contributed by atoms with Crippen LogP contribution in [0.5, 0.6) is 0 Å². The molecule has 9 heteroatoms. The predicted molar refractivity (Wildman–Crippen MR) is 158 cm³/mol. The van der Waals surface area contributed by atoms with Crippen LogP contribution in [0.25, 0.3) is 0 Å². The molecule has 0 saturated carbocycles. The van der Waals surface area contributed by atoms with Gasteiger partial charge < -0.3 is 24.5 Å². The van der Waals surface area contributed by atoms with Gasteiger partial charge in [0.15, 0.2) is 0 Å². The van der Waals surface area contributed by atoms with Crippen LogP contribution < -0.4 is 9.80 Å². The van der Waals surface area contributed by atoms with Gasteiger partial charge in [-0.3, -0.25) is 14.4 Å². The number of allylic oxidation sites excluding steroid dienone is 1. The Balaban J connectivity index is 1.56. The largest absolute Gasteiger partial charge is 0.465 e. The number of carbonyl (C=O) groups is 3. The van der Waals surface area contributed by atoms with Crippen LogP contribution in [0.3, 0.4) is 0 Å². The molecule has 1 aromatic carbocycles.